The number of anilines is 2. The van der Waals surface area contributed by atoms with E-state index < -0.39 is 5.41 Å². The van der Waals surface area contributed by atoms with E-state index in [9.17, 15) is 4.79 Å². The first-order valence-corrected chi connectivity index (χ1v) is 10.7. The van der Waals surface area contributed by atoms with Gasteiger partial charge in [0, 0.05) is 17.8 Å². The van der Waals surface area contributed by atoms with Gasteiger partial charge in [-0.1, -0.05) is 36.4 Å². The van der Waals surface area contributed by atoms with Gasteiger partial charge in [0.2, 0.25) is 5.91 Å². The Morgan fingerprint density at radius 2 is 1.77 bits per heavy atom. The number of hydrogen-bond donors (Lipinski definition) is 0. The summed E-state index contributed by atoms with van der Waals surface area (Å²) < 4.78 is 0. The van der Waals surface area contributed by atoms with Crippen molar-refractivity contribution in [2.45, 2.75) is 18.3 Å². The molecular weight excluding hydrogens is 386 g/mol. The maximum Gasteiger partial charge on any atom is 0.242 e. The van der Waals surface area contributed by atoms with Crippen molar-refractivity contribution >= 4 is 34.0 Å². The van der Waals surface area contributed by atoms with Crippen LogP contribution in [0.5, 0.6) is 0 Å². The summed E-state index contributed by atoms with van der Waals surface area (Å²) in [6.07, 6.45) is 6.86. The standard InChI is InChI=1S/C25H22N5O/c31-24-25(9-13-29(14-10-25)17-23-26-11-12-27-23)20-6-2-4-8-22(20)30(24)19-15-18-5-1-3-7-21(18)28-16-19/h1-8,11-12,15-16H,9-10,13-14,17H2. The molecule has 1 fully saturated rings. The third-order valence-corrected chi connectivity index (χ3v) is 6.70. The Balaban J connectivity index is 1.34. The summed E-state index contributed by atoms with van der Waals surface area (Å²) in [6, 6.07) is 18.3. The maximum atomic E-state index is 14.0. The minimum atomic E-state index is -0.481. The van der Waals surface area contributed by atoms with Crippen molar-refractivity contribution in [2.75, 3.05) is 24.5 Å². The van der Waals surface area contributed by atoms with Crippen LogP contribution >= 0.6 is 0 Å². The maximum absolute atomic E-state index is 14.0. The summed E-state index contributed by atoms with van der Waals surface area (Å²) in [5.41, 5.74) is 3.41. The van der Waals surface area contributed by atoms with E-state index in [0.29, 0.717) is 0 Å². The molecule has 1 aromatic heterocycles. The Labute approximate surface area is 180 Å². The minimum Gasteiger partial charge on any atom is -0.296 e. The number of piperidine rings is 1. The summed E-state index contributed by atoms with van der Waals surface area (Å²) in [6.45, 7) is 2.42. The van der Waals surface area contributed by atoms with Crippen LogP contribution in [-0.4, -0.2) is 41.3 Å². The van der Waals surface area contributed by atoms with Gasteiger partial charge in [-0.05, 0) is 49.7 Å². The van der Waals surface area contributed by atoms with Crippen molar-refractivity contribution in [1.29, 1.82) is 0 Å². The first-order chi connectivity index (χ1) is 15.2. The second-order valence-electron chi connectivity index (χ2n) is 8.37. The number of benzene rings is 2. The molecule has 31 heavy (non-hydrogen) atoms. The fourth-order valence-corrected chi connectivity index (χ4v) is 5.08. The van der Waals surface area contributed by atoms with E-state index >= 15 is 0 Å². The average molecular weight is 408 g/mol. The molecule has 0 unspecified atom stereocenters. The fourth-order valence-electron chi connectivity index (χ4n) is 5.08. The van der Waals surface area contributed by atoms with Gasteiger partial charge in [0.15, 0.2) is 0 Å². The highest BCUT2D eigenvalue weighted by Crippen LogP contribution is 2.50. The van der Waals surface area contributed by atoms with E-state index in [1.165, 1.54) is 0 Å². The molecule has 4 heterocycles. The molecule has 6 rings (SSSR count). The summed E-state index contributed by atoms with van der Waals surface area (Å²) in [7, 11) is 0. The molecule has 2 aromatic carbocycles. The zero-order valence-corrected chi connectivity index (χ0v) is 17.1. The quantitative estimate of drug-likeness (QED) is 0.663. The predicted octanol–water partition coefficient (Wildman–Crippen LogP) is 3.73. The molecular formula is C25H22N5O. The monoisotopic (exact) mass is 408 g/mol. The SMILES string of the molecule is O=C1N(c2cnc3ccccc3c2)c2ccccc2C12CCN(CC1=NC=C[N]1)CC2. The highest BCUT2D eigenvalue weighted by molar-refractivity contribution is 6.13. The average Bonchev–Trinajstić information content (AvgIpc) is 3.40. The number of hydrogen-bond acceptors (Lipinski definition) is 4. The second kappa shape index (κ2) is 7.03. The molecule has 1 saturated heterocycles. The number of aliphatic imine (C=N–C) groups is 1. The number of fused-ring (bicyclic) bond motifs is 3. The molecule has 3 aromatic rings. The smallest absolute Gasteiger partial charge is 0.242 e. The van der Waals surface area contributed by atoms with Crippen LogP contribution in [0.4, 0.5) is 11.4 Å². The van der Waals surface area contributed by atoms with E-state index in [1.807, 2.05) is 47.5 Å². The van der Waals surface area contributed by atoms with Gasteiger partial charge in [-0.3, -0.25) is 19.6 Å². The molecule has 6 nitrogen and oxygen atoms in total. The van der Waals surface area contributed by atoms with Crippen molar-refractivity contribution in [2.24, 2.45) is 4.99 Å². The molecule has 0 aliphatic carbocycles. The lowest BCUT2D eigenvalue weighted by Gasteiger charge is -2.38. The van der Waals surface area contributed by atoms with Crippen molar-refractivity contribution in [1.82, 2.24) is 15.2 Å². The molecule has 153 valence electrons. The molecule has 1 radical (unpaired) electrons. The molecule has 0 atom stereocenters. The van der Waals surface area contributed by atoms with Crippen LogP contribution in [0.15, 0.2) is 78.2 Å². The van der Waals surface area contributed by atoms with E-state index in [4.69, 9.17) is 0 Å². The van der Waals surface area contributed by atoms with E-state index in [-0.39, 0.29) is 5.91 Å². The lowest BCUT2D eigenvalue weighted by molar-refractivity contribution is -0.124. The number of likely N-dealkylation sites (tertiary alicyclic amines) is 1. The van der Waals surface area contributed by atoms with Crippen LogP contribution in [0.2, 0.25) is 0 Å². The second-order valence-corrected chi connectivity index (χ2v) is 8.37. The van der Waals surface area contributed by atoms with Crippen LogP contribution in [0.25, 0.3) is 10.9 Å². The van der Waals surface area contributed by atoms with Gasteiger partial charge >= 0.3 is 0 Å². The lowest BCUT2D eigenvalue weighted by atomic mass is 9.73. The topological polar surface area (TPSA) is 62.9 Å². The van der Waals surface area contributed by atoms with Crippen LogP contribution < -0.4 is 10.2 Å². The Morgan fingerprint density at radius 3 is 2.61 bits per heavy atom. The van der Waals surface area contributed by atoms with Crippen molar-refractivity contribution in [3.05, 3.63) is 78.8 Å². The minimum absolute atomic E-state index is 0.162. The van der Waals surface area contributed by atoms with E-state index in [0.717, 1.165) is 66.2 Å². The number of rotatable bonds is 3. The first kappa shape index (κ1) is 18.3. The van der Waals surface area contributed by atoms with Gasteiger partial charge in [-0.2, -0.15) is 0 Å². The van der Waals surface area contributed by atoms with E-state index in [2.05, 4.69) is 38.4 Å². The highest BCUT2D eigenvalue weighted by atomic mass is 16.2. The number of amidine groups is 1. The van der Waals surface area contributed by atoms with Gasteiger partial charge in [-0.15, -0.1) is 0 Å². The zero-order chi connectivity index (χ0) is 20.8. The molecule has 6 heteroatoms. The van der Waals surface area contributed by atoms with Gasteiger partial charge in [0.05, 0.1) is 35.0 Å². The third kappa shape index (κ3) is 2.86. The molecule has 0 N–H and O–H groups in total. The zero-order valence-electron chi connectivity index (χ0n) is 17.1. The summed E-state index contributed by atoms with van der Waals surface area (Å²) in [5, 5.41) is 5.33. The molecule has 1 spiro atoms. The number of carbonyl (C=O) groups excluding carboxylic acids is 1. The molecule has 1 amide bonds. The number of carbonyl (C=O) groups is 1. The lowest BCUT2D eigenvalue weighted by Crippen LogP contribution is -2.49. The number of pyridine rings is 1. The molecule has 3 aliphatic heterocycles. The number of nitrogens with zero attached hydrogens (tertiary/aromatic N) is 5. The molecule has 0 saturated carbocycles. The van der Waals surface area contributed by atoms with Crippen LogP contribution in [0.1, 0.15) is 18.4 Å². The summed E-state index contributed by atoms with van der Waals surface area (Å²) in [4.78, 5) is 27.1. The molecule has 0 bridgehead atoms. The number of para-hydroxylation sites is 2. The normalized spacial score (nSPS) is 19.7. The summed E-state index contributed by atoms with van der Waals surface area (Å²) >= 11 is 0. The van der Waals surface area contributed by atoms with Crippen LogP contribution in [-0.2, 0) is 10.2 Å². The Bertz CT molecular complexity index is 1240. The van der Waals surface area contributed by atoms with Crippen LogP contribution in [0, 0.1) is 0 Å². The van der Waals surface area contributed by atoms with E-state index in [1.54, 1.807) is 12.4 Å². The predicted molar refractivity (Wildman–Crippen MR) is 121 cm³/mol. The van der Waals surface area contributed by atoms with Crippen LogP contribution in [0.3, 0.4) is 0 Å². The van der Waals surface area contributed by atoms with Gasteiger partial charge < -0.3 is 0 Å². The van der Waals surface area contributed by atoms with Crippen molar-refractivity contribution < 1.29 is 4.79 Å². The van der Waals surface area contributed by atoms with Crippen molar-refractivity contribution in [3.8, 4) is 0 Å². The highest BCUT2D eigenvalue weighted by Gasteiger charge is 2.52. The first-order valence-electron chi connectivity index (χ1n) is 10.7. The molecule has 3 aliphatic rings. The van der Waals surface area contributed by atoms with Gasteiger partial charge in [-0.25, -0.2) is 10.3 Å². The Hall–Kier alpha value is -3.51. The largest absolute Gasteiger partial charge is 0.296 e. The Morgan fingerprint density at radius 1 is 0.968 bits per heavy atom. The van der Waals surface area contributed by atoms with Gasteiger partial charge in [0.1, 0.15) is 5.84 Å². The Kier molecular flexibility index (Phi) is 4.14. The fraction of sp³-hybridized carbons (Fsp3) is 0.240. The summed E-state index contributed by atoms with van der Waals surface area (Å²) in [5.74, 6) is 1.01. The van der Waals surface area contributed by atoms with Crippen molar-refractivity contribution in [3.63, 3.8) is 0 Å². The third-order valence-electron chi connectivity index (χ3n) is 6.70. The number of aromatic nitrogens is 1. The number of amides is 1. The van der Waals surface area contributed by atoms with Gasteiger partial charge in [0.25, 0.3) is 0 Å².